The Morgan fingerprint density at radius 2 is 1.87 bits per heavy atom. The van der Waals surface area contributed by atoms with Gasteiger partial charge in [0.15, 0.2) is 0 Å². The second-order valence-corrected chi connectivity index (χ2v) is 6.49. The zero-order chi connectivity index (χ0) is 17.0. The molecule has 0 unspecified atom stereocenters. The van der Waals surface area contributed by atoms with Gasteiger partial charge in [0.25, 0.3) is 5.91 Å². The average molecular weight is 355 g/mol. The number of hydrogen-bond acceptors (Lipinski definition) is 3. The molecule has 0 spiro atoms. The van der Waals surface area contributed by atoms with E-state index < -0.39 is 0 Å². The molecule has 1 N–H and O–H groups in total. The van der Waals surface area contributed by atoms with E-state index in [2.05, 4.69) is 9.97 Å². The van der Waals surface area contributed by atoms with Crippen molar-refractivity contribution in [1.82, 2.24) is 19.8 Å². The molecule has 1 amide bonds. The number of benzene rings is 1. The molecule has 1 aromatic carbocycles. The first-order valence-electron chi connectivity index (χ1n) is 7.25. The van der Waals surface area contributed by atoms with Gasteiger partial charge in [0.2, 0.25) is 0 Å². The summed E-state index contributed by atoms with van der Waals surface area (Å²) in [6, 6.07) is 3.33. The van der Waals surface area contributed by atoms with Crippen LogP contribution in [-0.2, 0) is 6.54 Å². The van der Waals surface area contributed by atoms with Crippen LogP contribution in [0.4, 0.5) is 0 Å². The van der Waals surface area contributed by atoms with E-state index in [0.29, 0.717) is 28.7 Å². The SMILES string of the molecule is Cc1c(Cl)cc(C(=O)N(CCN(C)C)Cc2cnc[nH]2)cc1Cl. The Labute approximate surface area is 146 Å². The van der Waals surface area contributed by atoms with Crippen molar-refractivity contribution in [3.05, 3.63) is 51.5 Å². The number of aromatic amines is 1. The lowest BCUT2D eigenvalue weighted by Gasteiger charge is -2.24. The van der Waals surface area contributed by atoms with E-state index in [4.69, 9.17) is 23.2 Å². The number of likely N-dealkylation sites (N-methyl/N-ethyl adjacent to an activating group) is 1. The normalized spacial score (nSPS) is 11.0. The number of H-pyrrole nitrogens is 1. The Balaban J connectivity index is 2.24. The number of halogens is 2. The van der Waals surface area contributed by atoms with Gasteiger partial charge >= 0.3 is 0 Å². The Bertz CT molecular complexity index is 648. The van der Waals surface area contributed by atoms with Crippen LogP contribution in [0.25, 0.3) is 0 Å². The lowest BCUT2D eigenvalue weighted by molar-refractivity contribution is 0.0730. The van der Waals surface area contributed by atoms with Crippen LogP contribution in [0.1, 0.15) is 21.6 Å². The number of nitrogens with one attached hydrogen (secondary N) is 1. The molecule has 0 saturated heterocycles. The van der Waals surface area contributed by atoms with Crippen LogP contribution in [0.5, 0.6) is 0 Å². The lowest BCUT2D eigenvalue weighted by atomic mass is 10.1. The van der Waals surface area contributed by atoms with E-state index in [9.17, 15) is 4.79 Å². The molecule has 0 fully saturated rings. The van der Waals surface area contributed by atoms with Crippen LogP contribution >= 0.6 is 23.2 Å². The first-order valence-corrected chi connectivity index (χ1v) is 8.01. The van der Waals surface area contributed by atoms with Crippen LogP contribution < -0.4 is 0 Å². The van der Waals surface area contributed by atoms with Crippen LogP contribution in [0.2, 0.25) is 10.0 Å². The summed E-state index contributed by atoms with van der Waals surface area (Å²) in [5, 5.41) is 0.991. The predicted octanol–water partition coefficient (Wildman–Crippen LogP) is 3.23. The molecule has 0 atom stereocenters. The van der Waals surface area contributed by atoms with E-state index in [1.165, 1.54) is 0 Å². The summed E-state index contributed by atoms with van der Waals surface area (Å²) < 4.78 is 0. The van der Waals surface area contributed by atoms with Crippen molar-refractivity contribution in [2.75, 3.05) is 27.2 Å². The summed E-state index contributed by atoms with van der Waals surface area (Å²) >= 11 is 12.3. The Morgan fingerprint density at radius 1 is 1.22 bits per heavy atom. The highest BCUT2D eigenvalue weighted by Gasteiger charge is 2.19. The van der Waals surface area contributed by atoms with Gasteiger partial charge in [-0.05, 0) is 38.7 Å². The first kappa shape index (κ1) is 17.8. The molecule has 1 aromatic heterocycles. The van der Waals surface area contributed by atoms with E-state index in [1.807, 2.05) is 25.9 Å². The smallest absolute Gasteiger partial charge is 0.254 e. The Kier molecular flexibility index (Phi) is 6.04. The molecule has 2 aromatic rings. The number of amides is 1. The maximum Gasteiger partial charge on any atom is 0.254 e. The van der Waals surface area contributed by atoms with Gasteiger partial charge in [-0.25, -0.2) is 4.98 Å². The second kappa shape index (κ2) is 7.81. The number of hydrogen-bond donors (Lipinski definition) is 1. The quantitative estimate of drug-likeness (QED) is 0.866. The van der Waals surface area contributed by atoms with Gasteiger partial charge in [0, 0.05) is 34.9 Å². The number of carbonyl (C=O) groups is 1. The van der Waals surface area contributed by atoms with E-state index >= 15 is 0 Å². The third kappa shape index (κ3) is 4.70. The van der Waals surface area contributed by atoms with Crippen molar-refractivity contribution in [1.29, 1.82) is 0 Å². The van der Waals surface area contributed by atoms with Crippen LogP contribution in [-0.4, -0.2) is 52.9 Å². The van der Waals surface area contributed by atoms with Gasteiger partial charge in [0.05, 0.1) is 18.6 Å². The molecule has 124 valence electrons. The highest BCUT2D eigenvalue weighted by molar-refractivity contribution is 6.36. The molecular formula is C16H20Cl2N4O. The summed E-state index contributed by atoms with van der Waals surface area (Å²) in [5.41, 5.74) is 2.14. The van der Waals surface area contributed by atoms with Crippen molar-refractivity contribution >= 4 is 29.1 Å². The van der Waals surface area contributed by atoms with Gasteiger partial charge in [0.1, 0.15) is 0 Å². The number of imidazole rings is 1. The Morgan fingerprint density at radius 3 is 2.39 bits per heavy atom. The topological polar surface area (TPSA) is 52.2 Å². The average Bonchev–Trinajstić information content (AvgIpc) is 3.00. The predicted molar refractivity (Wildman–Crippen MR) is 93.1 cm³/mol. The zero-order valence-corrected chi connectivity index (χ0v) is 14.9. The molecule has 0 radical (unpaired) electrons. The zero-order valence-electron chi connectivity index (χ0n) is 13.4. The van der Waals surface area contributed by atoms with E-state index in [0.717, 1.165) is 17.8 Å². The third-order valence-electron chi connectivity index (χ3n) is 3.55. The molecule has 0 aliphatic rings. The minimum absolute atomic E-state index is 0.106. The standard InChI is InChI=1S/C16H20Cl2N4O/c1-11-14(17)6-12(7-15(11)18)16(23)22(5-4-21(2)3)9-13-8-19-10-20-13/h6-8,10H,4-5,9H2,1-3H3,(H,19,20). The fourth-order valence-corrected chi connectivity index (χ4v) is 2.59. The molecular weight excluding hydrogens is 335 g/mol. The minimum atomic E-state index is -0.106. The van der Waals surface area contributed by atoms with Crippen molar-refractivity contribution in [3.63, 3.8) is 0 Å². The molecule has 2 rings (SSSR count). The van der Waals surface area contributed by atoms with Crippen molar-refractivity contribution < 1.29 is 4.79 Å². The monoisotopic (exact) mass is 354 g/mol. The highest BCUT2D eigenvalue weighted by Crippen LogP contribution is 2.26. The molecule has 0 aliphatic carbocycles. The van der Waals surface area contributed by atoms with E-state index in [-0.39, 0.29) is 5.91 Å². The third-order valence-corrected chi connectivity index (χ3v) is 4.33. The lowest BCUT2D eigenvalue weighted by Crippen LogP contribution is -2.36. The molecule has 23 heavy (non-hydrogen) atoms. The summed E-state index contributed by atoms with van der Waals surface area (Å²) in [5.74, 6) is -0.106. The van der Waals surface area contributed by atoms with Gasteiger partial charge in [-0.3, -0.25) is 4.79 Å². The molecule has 0 saturated carbocycles. The summed E-state index contributed by atoms with van der Waals surface area (Å²) in [6.45, 7) is 3.63. The summed E-state index contributed by atoms with van der Waals surface area (Å²) in [4.78, 5) is 23.7. The highest BCUT2D eigenvalue weighted by atomic mass is 35.5. The van der Waals surface area contributed by atoms with Crippen LogP contribution in [0, 0.1) is 6.92 Å². The number of aromatic nitrogens is 2. The molecule has 0 bridgehead atoms. The molecule has 1 heterocycles. The van der Waals surface area contributed by atoms with Gasteiger partial charge in [-0.15, -0.1) is 0 Å². The largest absolute Gasteiger partial charge is 0.347 e. The minimum Gasteiger partial charge on any atom is -0.347 e. The number of carbonyl (C=O) groups excluding carboxylic acids is 1. The first-order chi connectivity index (χ1) is 10.9. The van der Waals surface area contributed by atoms with Crippen molar-refractivity contribution in [2.24, 2.45) is 0 Å². The van der Waals surface area contributed by atoms with E-state index in [1.54, 1.807) is 29.6 Å². The van der Waals surface area contributed by atoms with Crippen LogP contribution in [0.15, 0.2) is 24.7 Å². The fourth-order valence-electron chi connectivity index (χ4n) is 2.10. The second-order valence-electron chi connectivity index (χ2n) is 5.67. The Hall–Kier alpha value is -1.56. The maximum atomic E-state index is 12.9. The number of rotatable bonds is 6. The van der Waals surface area contributed by atoms with Crippen LogP contribution in [0.3, 0.4) is 0 Å². The summed E-state index contributed by atoms with van der Waals surface area (Å²) in [7, 11) is 3.94. The maximum absolute atomic E-state index is 12.9. The summed E-state index contributed by atoms with van der Waals surface area (Å²) in [6.07, 6.45) is 3.31. The van der Waals surface area contributed by atoms with Gasteiger partial charge < -0.3 is 14.8 Å². The van der Waals surface area contributed by atoms with Crippen molar-refractivity contribution in [3.8, 4) is 0 Å². The van der Waals surface area contributed by atoms with Crippen molar-refractivity contribution in [2.45, 2.75) is 13.5 Å². The molecule has 0 aliphatic heterocycles. The molecule has 7 heteroatoms. The fraction of sp³-hybridized carbons (Fsp3) is 0.375. The van der Waals surface area contributed by atoms with Gasteiger partial charge in [-0.2, -0.15) is 0 Å². The number of nitrogens with zero attached hydrogens (tertiary/aromatic N) is 3. The van der Waals surface area contributed by atoms with Gasteiger partial charge in [-0.1, -0.05) is 23.2 Å². The molecule has 5 nitrogen and oxygen atoms in total.